The van der Waals surface area contributed by atoms with Gasteiger partial charge < -0.3 is 10.4 Å². The van der Waals surface area contributed by atoms with E-state index in [9.17, 15) is 4.79 Å². The fourth-order valence-electron chi connectivity index (χ4n) is 3.79. The highest BCUT2D eigenvalue weighted by atomic mass is 16.4. The summed E-state index contributed by atoms with van der Waals surface area (Å²) in [4.78, 5) is 10.9. The van der Waals surface area contributed by atoms with Crippen LogP contribution in [0.5, 0.6) is 0 Å². The van der Waals surface area contributed by atoms with Crippen LogP contribution in [0.4, 0.5) is 0 Å². The third-order valence-corrected chi connectivity index (χ3v) is 5.25. The van der Waals surface area contributed by atoms with E-state index in [2.05, 4.69) is 12.2 Å². The molecule has 0 aliphatic heterocycles. The summed E-state index contributed by atoms with van der Waals surface area (Å²) in [5.41, 5.74) is 0. The van der Waals surface area contributed by atoms with Gasteiger partial charge in [-0.25, -0.2) is 0 Å². The Kier molecular flexibility index (Phi) is 5.68. The lowest BCUT2D eigenvalue weighted by Gasteiger charge is -2.32. The number of carboxylic acids is 1. The predicted octanol–water partition coefficient (Wildman–Crippen LogP) is 3.44. The summed E-state index contributed by atoms with van der Waals surface area (Å²) >= 11 is 0. The monoisotopic (exact) mass is 267 g/mol. The largest absolute Gasteiger partial charge is 0.481 e. The Balaban J connectivity index is 1.65. The van der Waals surface area contributed by atoms with E-state index in [0.29, 0.717) is 5.92 Å². The number of carboxylic acid groups (broad SMARTS) is 1. The molecule has 2 fully saturated rings. The van der Waals surface area contributed by atoms with E-state index in [1.165, 1.54) is 32.1 Å². The predicted molar refractivity (Wildman–Crippen MR) is 77.1 cm³/mol. The topological polar surface area (TPSA) is 49.3 Å². The van der Waals surface area contributed by atoms with Gasteiger partial charge in [-0.3, -0.25) is 4.79 Å². The summed E-state index contributed by atoms with van der Waals surface area (Å²) in [6, 6.07) is 0.718. The number of hydrogen-bond donors (Lipinski definition) is 2. The fourth-order valence-corrected chi connectivity index (χ4v) is 3.79. The zero-order chi connectivity index (χ0) is 13.7. The van der Waals surface area contributed by atoms with Gasteiger partial charge in [-0.15, -0.1) is 0 Å². The highest BCUT2D eigenvalue weighted by molar-refractivity contribution is 5.69. The summed E-state index contributed by atoms with van der Waals surface area (Å²) in [5.74, 6) is 0.964. The van der Waals surface area contributed by atoms with Crippen LogP contribution in [0.3, 0.4) is 0 Å². The molecule has 0 saturated heterocycles. The lowest BCUT2D eigenvalue weighted by atomic mass is 9.81. The molecule has 3 heteroatoms. The molecule has 3 nitrogen and oxygen atoms in total. The average molecular weight is 267 g/mol. The summed E-state index contributed by atoms with van der Waals surface area (Å²) < 4.78 is 0. The summed E-state index contributed by atoms with van der Waals surface area (Å²) in [6.45, 7) is 3.41. The van der Waals surface area contributed by atoms with E-state index in [1.54, 1.807) is 0 Å². The van der Waals surface area contributed by atoms with Crippen LogP contribution in [0.15, 0.2) is 0 Å². The molecular formula is C16H29NO2. The zero-order valence-corrected chi connectivity index (χ0v) is 12.2. The van der Waals surface area contributed by atoms with Crippen LogP contribution in [-0.4, -0.2) is 23.7 Å². The zero-order valence-electron chi connectivity index (χ0n) is 12.2. The van der Waals surface area contributed by atoms with Gasteiger partial charge >= 0.3 is 5.97 Å². The molecule has 0 spiro atoms. The molecule has 19 heavy (non-hydrogen) atoms. The van der Waals surface area contributed by atoms with Crippen molar-refractivity contribution in [1.29, 1.82) is 0 Å². The quantitative estimate of drug-likeness (QED) is 0.802. The Bertz CT molecular complexity index is 284. The van der Waals surface area contributed by atoms with Crippen molar-refractivity contribution < 1.29 is 9.90 Å². The van der Waals surface area contributed by atoms with Crippen LogP contribution in [-0.2, 0) is 4.79 Å². The summed E-state index contributed by atoms with van der Waals surface area (Å²) in [7, 11) is 0. The molecule has 0 heterocycles. The molecule has 2 saturated carbocycles. The third-order valence-electron chi connectivity index (χ3n) is 5.25. The van der Waals surface area contributed by atoms with Gasteiger partial charge in [0.2, 0.25) is 0 Å². The minimum atomic E-state index is -0.593. The van der Waals surface area contributed by atoms with Crippen molar-refractivity contribution in [2.24, 2.45) is 17.8 Å². The van der Waals surface area contributed by atoms with E-state index >= 15 is 0 Å². The lowest BCUT2D eigenvalue weighted by Crippen LogP contribution is -2.38. The van der Waals surface area contributed by atoms with Crippen molar-refractivity contribution in [3.63, 3.8) is 0 Å². The van der Waals surface area contributed by atoms with Gasteiger partial charge in [0.25, 0.3) is 0 Å². The van der Waals surface area contributed by atoms with Gasteiger partial charge in [-0.2, -0.15) is 0 Å². The molecule has 0 aromatic heterocycles. The molecule has 110 valence electrons. The van der Waals surface area contributed by atoms with E-state index < -0.39 is 5.97 Å². The molecule has 2 rings (SSSR count). The molecular weight excluding hydrogens is 238 g/mol. The van der Waals surface area contributed by atoms with Crippen LogP contribution >= 0.6 is 0 Å². The van der Waals surface area contributed by atoms with Crippen LogP contribution in [0.1, 0.15) is 64.7 Å². The third kappa shape index (κ3) is 4.48. The summed E-state index contributed by atoms with van der Waals surface area (Å²) in [6.07, 6.45) is 10.7. The van der Waals surface area contributed by atoms with Gasteiger partial charge in [0, 0.05) is 6.04 Å². The van der Waals surface area contributed by atoms with Crippen molar-refractivity contribution in [1.82, 2.24) is 5.32 Å². The first-order valence-corrected chi connectivity index (χ1v) is 8.15. The number of carbonyl (C=O) groups is 1. The van der Waals surface area contributed by atoms with Crippen LogP contribution in [0.2, 0.25) is 0 Å². The van der Waals surface area contributed by atoms with E-state index in [1.807, 2.05) is 0 Å². The van der Waals surface area contributed by atoms with Crippen molar-refractivity contribution in [3.8, 4) is 0 Å². The second-order valence-electron chi connectivity index (χ2n) is 6.60. The Hall–Kier alpha value is -0.570. The van der Waals surface area contributed by atoms with Gasteiger partial charge in [0.1, 0.15) is 0 Å². The van der Waals surface area contributed by atoms with Gasteiger partial charge in [-0.1, -0.05) is 26.2 Å². The van der Waals surface area contributed by atoms with Crippen LogP contribution < -0.4 is 5.32 Å². The second-order valence-corrected chi connectivity index (χ2v) is 6.60. The molecule has 0 radical (unpaired) electrons. The molecule has 2 aliphatic carbocycles. The summed E-state index contributed by atoms with van der Waals surface area (Å²) in [5, 5.41) is 12.8. The molecule has 0 amide bonds. The Morgan fingerprint density at radius 3 is 2.47 bits per heavy atom. The molecule has 2 unspecified atom stereocenters. The van der Waals surface area contributed by atoms with Crippen molar-refractivity contribution >= 4 is 5.97 Å². The maximum absolute atomic E-state index is 10.9. The SMILES string of the molecule is CCC1CCCC(NCC2CCC(C(=O)O)CC2)C1. The Labute approximate surface area is 117 Å². The smallest absolute Gasteiger partial charge is 0.306 e. The molecule has 2 atom stereocenters. The Morgan fingerprint density at radius 1 is 1.11 bits per heavy atom. The minimum absolute atomic E-state index is 0.0737. The minimum Gasteiger partial charge on any atom is -0.481 e. The standard InChI is InChI=1S/C16H29NO2/c1-2-12-4-3-5-15(10-12)17-11-13-6-8-14(9-7-13)16(18)19/h12-15,17H,2-11H2,1H3,(H,18,19). The van der Waals surface area contributed by atoms with Crippen molar-refractivity contribution in [3.05, 3.63) is 0 Å². The highest BCUT2D eigenvalue weighted by Gasteiger charge is 2.27. The molecule has 2 aliphatic rings. The second kappa shape index (κ2) is 7.28. The van der Waals surface area contributed by atoms with E-state index in [4.69, 9.17) is 5.11 Å². The van der Waals surface area contributed by atoms with Gasteiger partial charge in [0.05, 0.1) is 5.92 Å². The number of hydrogen-bond acceptors (Lipinski definition) is 2. The first kappa shape index (κ1) is 14.8. The van der Waals surface area contributed by atoms with Crippen molar-refractivity contribution in [2.75, 3.05) is 6.54 Å². The molecule has 0 bridgehead atoms. The maximum Gasteiger partial charge on any atom is 0.306 e. The molecule has 2 N–H and O–H groups in total. The number of rotatable bonds is 5. The highest BCUT2D eigenvalue weighted by Crippen LogP contribution is 2.30. The van der Waals surface area contributed by atoms with E-state index in [-0.39, 0.29) is 5.92 Å². The van der Waals surface area contributed by atoms with Crippen molar-refractivity contribution in [2.45, 2.75) is 70.8 Å². The normalized spacial score (nSPS) is 36.1. The maximum atomic E-state index is 10.9. The van der Waals surface area contributed by atoms with Crippen LogP contribution in [0, 0.1) is 17.8 Å². The van der Waals surface area contributed by atoms with Gasteiger partial charge in [-0.05, 0) is 56.9 Å². The van der Waals surface area contributed by atoms with Crippen LogP contribution in [0.25, 0.3) is 0 Å². The number of aliphatic carboxylic acids is 1. The molecule has 0 aromatic carbocycles. The number of nitrogens with one attached hydrogen (secondary N) is 1. The first-order valence-electron chi connectivity index (χ1n) is 8.15. The Morgan fingerprint density at radius 2 is 1.84 bits per heavy atom. The van der Waals surface area contributed by atoms with Gasteiger partial charge in [0.15, 0.2) is 0 Å². The fraction of sp³-hybridized carbons (Fsp3) is 0.938. The first-order chi connectivity index (χ1) is 9.19. The van der Waals surface area contributed by atoms with E-state index in [0.717, 1.165) is 44.2 Å². The lowest BCUT2D eigenvalue weighted by molar-refractivity contribution is -0.143. The molecule has 0 aromatic rings. The average Bonchev–Trinajstić information content (AvgIpc) is 2.46.